The lowest BCUT2D eigenvalue weighted by Crippen LogP contribution is -2.22. The molecule has 1 heterocycles. The fourth-order valence-electron chi connectivity index (χ4n) is 2.09. The third kappa shape index (κ3) is 3.48. The molecule has 0 atom stereocenters. The van der Waals surface area contributed by atoms with E-state index in [1.165, 1.54) is 5.56 Å². The van der Waals surface area contributed by atoms with Gasteiger partial charge in [0.1, 0.15) is 5.82 Å². The monoisotopic (exact) mass is 271 g/mol. The lowest BCUT2D eigenvalue weighted by Gasteiger charge is -2.24. The highest BCUT2D eigenvalue weighted by atomic mass is 16.5. The van der Waals surface area contributed by atoms with Crippen molar-refractivity contribution in [2.75, 3.05) is 25.1 Å². The van der Waals surface area contributed by atoms with Crippen LogP contribution in [0.1, 0.15) is 12.0 Å². The van der Waals surface area contributed by atoms with E-state index >= 15 is 0 Å². The van der Waals surface area contributed by atoms with Crippen LogP contribution in [0.5, 0.6) is 5.88 Å². The van der Waals surface area contributed by atoms with E-state index in [-0.39, 0.29) is 0 Å². The number of nitrogens with two attached hydrogens (primary N) is 1. The zero-order valence-corrected chi connectivity index (χ0v) is 12.0. The van der Waals surface area contributed by atoms with Gasteiger partial charge in [-0.05, 0) is 43.7 Å². The fourth-order valence-corrected chi connectivity index (χ4v) is 2.09. The molecule has 0 fully saturated rings. The van der Waals surface area contributed by atoms with Gasteiger partial charge in [0.05, 0.1) is 7.11 Å². The van der Waals surface area contributed by atoms with Gasteiger partial charge in [0.15, 0.2) is 0 Å². The van der Waals surface area contributed by atoms with E-state index in [0.29, 0.717) is 12.4 Å². The molecule has 4 nitrogen and oxygen atoms in total. The molecule has 0 saturated heterocycles. The molecule has 2 aromatic rings. The predicted octanol–water partition coefficient (Wildman–Crippen LogP) is 2.89. The Kier molecular flexibility index (Phi) is 4.96. The molecule has 0 aliphatic carbocycles. The number of hydrogen-bond acceptors (Lipinski definition) is 4. The molecule has 1 aromatic carbocycles. The van der Waals surface area contributed by atoms with E-state index in [2.05, 4.69) is 41.1 Å². The van der Waals surface area contributed by atoms with Crippen molar-refractivity contribution in [3.8, 4) is 5.88 Å². The molecule has 0 aliphatic rings. The molecule has 0 bridgehead atoms. The summed E-state index contributed by atoms with van der Waals surface area (Å²) in [6.45, 7) is 3.58. The number of pyridine rings is 1. The van der Waals surface area contributed by atoms with E-state index in [0.717, 1.165) is 24.5 Å². The zero-order valence-electron chi connectivity index (χ0n) is 12.0. The van der Waals surface area contributed by atoms with E-state index in [1.54, 1.807) is 7.11 Å². The molecule has 0 amide bonds. The number of aryl methyl sites for hydroxylation is 1. The van der Waals surface area contributed by atoms with E-state index in [1.807, 2.05) is 18.2 Å². The quantitative estimate of drug-likeness (QED) is 0.877. The Labute approximate surface area is 120 Å². The Morgan fingerprint density at radius 3 is 2.70 bits per heavy atom. The number of rotatable bonds is 6. The normalized spacial score (nSPS) is 10.3. The molecule has 4 heteroatoms. The van der Waals surface area contributed by atoms with Crippen LogP contribution >= 0.6 is 0 Å². The minimum Gasteiger partial charge on any atom is -0.481 e. The fraction of sp³-hybridized carbons (Fsp3) is 0.312. The largest absolute Gasteiger partial charge is 0.481 e. The van der Waals surface area contributed by atoms with Gasteiger partial charge in [0.2, 0.25) is 5.88 Å². The van der Waals surface area contributed by atoms with Crippen molar-refractivity contribution in [3.05, 3.63) is 48.0 Å². The molecule has 0 unspecified atom stereocenters. The SMILES string of the molecule is COc1cccc(N(CCCN)c2cccc(C)c2)n1. The number of anilines is 2. The molecule has 106 valence electrons. The number of ether oxygens (including phenoxy) is 1. The zero-order chi connectivity index (χ0) is 14.4. The highest BCUT2D eigenvalue weighted by molar-refractivity contribution is 5.61. The first-order valence-corrected chi connectivity index (χ1v) is 6.80. The summed E-state index contributed by atoms with van der Waals surface area (Å²) in [7, 11) is 1.63. The first-order valence-electron chi connectivity index (χ1n) is 6.80. The van der Waals surface area contributed by atoms with Crippen LogP contribution in [0.15, 0.2) is 42.5 Å². The van der Waals surface area contributed by atoms with E-state index in [4.69, 9.17) is 10.5 Å². The van der Waals surface area contributed by atoms with Crippen LogP contribution < -0.4 is 15.4 Å². The third-order valence-corrected chi connectivity index (χ3v) is 3.09. The number of nitrogens with zero attached hydrogens (tertiary/aromatic N) is 2. The van der Waals surface area contributed by atoms with Gasteiger partial charge in [-0.2, -0.15) is 4.98 Å². The van der Waals surface area contributed by atoms with Gasteiger partial charge >= 0.3 is 0 Å². The second-order valence-electron chi connectivity index (χ2n) is 4.67. The maximum absolute atomic E-state index is 5.65. The number of hydrogen-bond donors (Lipinski definition) is 1. The van der Waals surface area contributed by atoms with Crippen LogP contribution in [0, 0.1) is 6.92 Å². The third-order valence-electron chi connectivity index (χ3n) is 3.09. The summed E-state index contributed by atoms with van der Waals surface area (Å²) in [6.07, 6.45) is 0.910. The number of aromatic nitrogens is 1. The second-order valence-corrected chi connectivity index (χ2v) is 4.67. The van der Waals surface area contributed by atoms with Crippen LogP contribution in [-0.4, -0.2) is 25.2 Å². The molecule has 20 heavy (non-hydrogen) atoms. The minimum atomic E-state index is 0.618. The van der Waals surface area contributed by atoms with E-state index in [9.17, 15) is 0 Å². The number of benzene rings is 1. The second kappa shape index (κ2) is 6.91. The van der Waals surface area contributed by atoms with Crippen molar-refractivity contribution in [1.82, 2.24) is 4.98 Å². The van der Waals surface area contributed by atoms with Crippen molar-refractivity contribution in [2.24, 2.45) is 5.73 Å². The molecular formula is C16H21N3O. The molecule has 2 rings (SSSR count). The summed E-state index contributed by atoms with van der Waals surface area (Å²) in [5, 5.41) is 0. The first-order chi connectivity index (χ1) is 9.74. The summed E-state index contributed by atoms with van der Waals surface area (Å²) in [5.74, 6) is 1.50. The van der Waals surface area contributed by atoms with Crippen LogP contribution in [0.4, 0.5) is 11.5 Å². The standard InChI is InChI=1S/C16H21N3O/c1-13-6-3-7-14(12-13)19(11-5-10-17)15-8-4-9-16(18-15)20-2/h3-4,6-9,12H,5,10-11,17H2,1-2H3. The highest BCUT2D eigenvalue weighted by Gasteiger charge is 2.11. The van der Waals surface area contributed by atoms with E-state index < -0.39 is 0 Å². The smallest absolute Gasteiger partial charge is 0.214 e. The molecule has 1 aromatic heterocycles. The summed E-state index contributed by atoms with van der Waals surface area (Å²) in [6, 6.07) is 14.2. The van der Waals surface area contributed by atoms with Gasteiger partial charge in [-0.15, -0.1) is 0 Å². The molecule has 0 radical (unpaired) electrons. The van der Waals surface area contributed by atoms with Crippen LogP contribution in [0.2, 0.25) is 0 Å². The lowest BCUT2D eigenvalue weighted by molar-refractivity contribution is 0.398. The first kappa shape index (κ1) is 14.3. The maximum atomic E-state index is 5.65. The molecule has 0 aliphatic heterocycles. The predicted molar refractivity (Wildman–Crippen MR) is 82.6 cm³/mol. The Bertz CT molecular complexity index is 557. The van der Waals surface area contributed by atoms with Crippen molar-refractivity contribution < 1.29 is 4.74 Å². The van der Waals surface area contributed by atoms with Crippen molar-refractivity contribution in [3.63, 3.8) is 0 Å². The molecule has 0 spiro atoms. The summed E-state index contributed by atoms with van der Waals surface area (Å²) in [5.41, 5.74) is 8.00. The lowest BCUT2D eigenvalue weighted by atomic mass is 10.2. The Morgan fingerprint density at radius 1 is 1.20 bits per heavy atom. The van der Waals surface area contributed by atoms with Crippen LogP contribution in [0.3, 0.4) is 0 Å². The van der Waals surface area contributed by atoms with Gasteiger partial charge in [0.25, 0.3) is 0 Å². The Balaban J connectivity index is 2.35. The molecular weight excluding hydrogens is 250 g/mol. The Morgan fingerprint density at radius 2 is 2.00 bits per heavy atom. The van der Waals surface area contributed by atoms with Crippen molar-refractivity contribution >= 4 is 11.5 Å². The average molecular weight is 271 g/mol. The average Bonchev–Trinajstić information content (AvgIpc) is 2.48. The van der Waals surface area contributed by atoms with Gasteiger partial charge in [-0.1, -0.05) is 18.2 Å². The van der Waals surface area contributed by atoms with Gasteiger partial charge in [-0.25, -0.2) is 0 Å². The van der Waals surface area contributed by atoms with Crippen molar-refractivity contribution in [2.45, 2.75) is 13.3 Å². The summed E-state index contributed by atoms with van der Waals surface area (Å²) in [4.78, 5) is 6.68. The van der Waals surface area contributed by atoms with Crippen molar-refractivity contribution in [1.29, 1.82) is 0 Å². The molecule has 0 saturated carbocycles. The highest BCUT2D eigenvalue weighted by Crippen LogP contribution is 2.26. The number of methoxy groups -OCH3 is 1. The van der Waals surface area contributed by atoms with Crippen LogP contribution in [0.25, 0.3) is 0 Å². The van der Waals surface area contributed by atoms with Gasteiger partial charge in [0, 0.05) is 18.3 Å². The van der Waals surface area contributed by atoms with Gasteiger partial charge < -0.3 is 15.4 Å². The summed E-state index contributed by atoms with van der Waals surface area (Å²) < 4.78 is 5.21. The molecule has 2 N–H and O–H groups in total. The maximum Gasteiger partial charge on any atom is 0.214 e. The van der Waals surface area contributed by atoms with Crippen LogP contribution in [-0.2, 0) is 0 Å². The summed E-state index contributed by atoms with van der Waals surface area (Å²) >= 11 is 0. The Hall–Kier alpha value is -2.07. The van der Waals surface area contributed by atoms with Gasteiger partial charge in [-0.3, -0.25) is 0 Å². The topological polar surface area (TPSA) is 51.4 Å². The minimum absolute atomic E-state index is 0.618.